The van der Waals surface area contributed by atoms with Gasteiger partial charge in [0.2, 0.25) is 0 Å². The Morgan fingerprint density at radius 2 is 2.17 bits per heavy atom. The number of rotatable bonds is 5. The standard InChI is InChI=1S/C14H20ClNO2/c1-2-16-10-11-3-4-14(13(15)9-11)18-12-5-7-17-8-6-12/h3-4,9,12,16H,2,5-8,10H2,1H3. The second-order valence-corrected chi connectivity index (χ2v) is 4.88. The van der Waals surface area contributed by atoms with Gasteiger partial charge < -0.3 is 14.8 Å². The van der Waals surface area contributed by atoms with Gasteiger partial charge in [0.15, 0.2) is 0 Å². The van der Waals surface area contributed by atoms with Crippen LogP contribution in [0.5, 0.6) is 5.75 Å². The van der Waals surface area contributed by atoms with Crippen LogP contribution in [-0.2, 0) is 11.3 Å². The molecule has 18 heavy (non-hydrogen) atoms. The molecule has 100 valence electrons. The number of hydrogen-bond donors (Lipinski definition) is 1. The van der Waals surface area contributed by atoms with Gasteiger partial charge in [0.1, 0.15) is 11.9 Å². The minimum atomic E-state index is 0.232. The van der Waals surface area contributed by atoms with Crippen LogP contribution in [0.2, 0.25) is 5.02 Å². The molecule has 0 aliphatic carbocycles. The third-order valence-corrected chi connectivity index (χ3v) is 3.33. The fraction of sp³-hybridized carbons (Fsp3) is 0.571. The predicted octanol–water partition coefficient (Wildman–Crippen LogP) is 3.01. The van der Waals surface area contributed by atoms with Crippen LogP contribution in [0.25, 0.3) is 0 Å². The highest BCUT2D eigenvalue weighted by molar-refractivity contribution is 6.32. The largest absolute Gasteiger partial charge is 0.489 e. The van der Waals surface area contributed by atoms with Gasteiger partial charge in [-0.1, -0.05) is 24.6 Å². The van der Waals surface area contributed by atoms with Gasteiger partial charge in [0, 0.05) is 19.4 Å². The molecule has 0 saturated carbocycles. The van der Waals surface area contributed by atoms with Crippen LogP contribution < -0.4 is 10.1 Å². The highest BCUT2D eigenvalue weighted by Crippen LogP contribution is 2.28. The summed E-state index contributed by atoms with van der Waals surface area (Å²) in [6.07, 6.45) is 2.11. The van der Waals surface area contributed by atoms with Crippen LogP contribution in [0.4, 0.5) is 0 Å². The zero-order valence-electron chi connectivity index (χ0n) is 10.7. The smallest absolute Gasteiger partial charge is 0.138 e. The highest BCUT2D eigenvalue weighted by atomic mass is 35.5. The summed E-state index contributed by atoms with van der Waals surface area (Å²) in [7, 11) is 0. The summed E-state index contributed by atoms with van der Waals surface area (Å²) in [6, 6.07) is 5.99. The number of nitrogens with one attached hydrogen (secondary N) is 1. The van der Waals surface area contributed by atoms with Gasteiger partial charge in [-0.2, -0.15) is 0 Å². The summed E-state index contributed by atoms with van der Waals surface area (Å²) in [5.41, 5.74) is 1.18. The Kier molecular flexibility index (Phi) is 5.29. The average molecular weight is 270 g/mol. The molecule has 0 unspecified atom stereocenters. The van der Waals surface area contributed by atoms with Crippen molar-refractivity contribution in [3.63, 3.8) is 0 Å². The van der Waals surface area contributed by atoms with Crippen molar-refractivity contribution in [1.82, 2.24) is 5.32 Å². The molecule has 0 radical (unpaired) electrons. The molecule has 0 aromatic heterocycles. The normalized spacial score (nSPS) is 16.8. The molecule has 4 heteroatoms. The van der Waals surface area contributed by atoms with Crippen LogP contribution in [-0.4, -0.2) is 25.9 Å². The van der Waals surface area contributed by atoms with Crippen LogP contribution in [0.1, 0.15) is 25.3 Å². The van der Waals surface area contributed by atoms with Gasteiger partial charge in [-0.05, 0) is 24.2 Å². The molecule has 1 aliphatic heterocycles. The molecule has 2 rings (SSSR count). The summed E-state index contributed by atoms with van der Waals surface area (Å²) in [5, 5.41) is 3.97. The van der Waals surface area contributed by atoms with Crippen LogP contribution in [0.15, 0.2) is 18.2 Å². The van der Waals surface area contributed by atoms with E-state index in [2.05, 4.69) is 18.3 Å². The topological polar surface area (TPSA) is 30.5 Å². The molecule has 1 aromatic carbocycles. The summed E-state index contributed by atoms with van der Waals surface area (Å²) in [6.45, 7) is 5.44. The molecule has 0 amide bonds. The van der Waals surface area contributed by atoms with E-state index in [-0.39, 0.29) is 6.10 Å². The van der Waals surface area contributed by atoms with Gasteiger partial charge in [0.05, 0.1) is 18.2 Å². The monoisotopic (exact) mass is 269 g/mol. The Morgan fingerprint density at radius 1 is 1.39 bits per heavy atom. The van der Waals surface area contributed by atoms with Gasteiger partial charge >= 0.3 is 0 Å². The molecular formula is C14H20ClNO2. The van der Waals surface area contributed by atoms with E-state index in [4.69, 9.17) is 21.1 Å². The molecule has 1 aliphatic rings. The first-order chi connectivity index (χ1) is 8.79. The van der Waals surface area contributed by atoms with E-state index in [1.165, 1.54) is 5.56 Å². The fourth-order valence-corrected chi connectivity index (χ4v) is 2.24. The number of hydrogen-bond acceptors (Lipinski definition) is 3. The second kappa shape index (κ2) is 6.98. The van der Waals surface area contributed by atoms with Crippen molar-refractivity contribution in [2.45, 2.75) is 32.4 Å². The van der Waals surface area contributed by atoms with E-state index in [0.29, 0.717) is 5.02 Å². The zero-order chi connectivity index (χ0) is 12.8. The molecule has 0 spiro atoms. The lowest BCUT2D eigenvalue weighted by Gasteiger charge is -2.23. The fourth-order valence-electron chi connectivity index (χ4n) is 1.99. The minimum absolute atomic E-state index is 0.232. The van der Waals surface area contributed by atoms with Crippen LogP contribution >= 0.6 is 11.6 Å². The molecule has 3 nitrogen and oxygen atoms in total. The van der Waals surface area contributed by atoms with E-state index in [1.54, 1.807) is 0 Å². The first kappa shape index (κ1) is 13.7. The first-order valence-corrected chi connectivity index (χ1v) is 6.91. The number of halogens is 1. The highest BCUT2D eigenvalue weighted by Gasteiger charge is 2.16. The quantitative estimate of drug-likeness (QED) is 0.891. The Morgan fingerprint density at radius 3 is 2.83 bits per heavy atom. The SMILES string of the molecule is CCNCc1ccc(OC2CCOCC2)c(Cl)c1. The zero-order valence-corrected chi connectivity index (χ0v) is 11.5. The van der Waals surface area contributed by atoms with Gasteiger partial charge in [-0.25, -0.2) is 0 Å². The van der Waals surface area contributed by atoms with E-state index in [1.807, 2.05) is 12.1 Å². The first-order valence-electron chi connectivity index (χ1n) is 6.53. The molecule has 1 N–H and O–H groups in total. The van der Waals surface area contributed by atoms with Crippen molar-refractivity contribution in [3.8, 4) is 5.75 Å². The maximum absolute atomic E-state index is 6.24. The summed E-state index contributed by atoms with van der Waals surface area (Å²) < 4.78 is 11.2. The van der Waals surface area contributed by atoms with Crippen molar-refractivity contribution in [2.24, 2.45) is 0 Å². The molecule has 1 aromatic rings. The molecule has 0 bridgehead atoms. The third kappa shape index (κ3) is 3.87. The predicted molar refractivity (Wildman–Crippen MR) is 73.3 cm³/mol. The van der Waals surface area contributed by atoms with Gasteiger partial charge in [0.25, 0.3) is 0 Å². The maximum atomic E-state index is 6.24. The van der Waals surface area contributed by atoms with Gasteiger partial charge in [-0.3, -0.25) is 0 Å². The number of ether oxygens (including phenoxy) is 2. The lowest BCUT2D eigenvalue weighted by atomic mass is 10.1. The summed E-state index contributed by atoms with van der Waals surface area (Å²) in [4.78, 5) is 0. The van der Waals surface area contributed by atoms with E-state index >= 15 is 0 Å². The van der Waals surface area contributed by atoms with E-state index in [0.717, 1.165) is 44.9 Å². The molecule has 1 saturated heterocycles. The maximum Gasteiger partial charge on any atom is 0.138 e. The van der Waals surface area contributed by atoms with Crippen molar-refractivity contribution in [3.05, 3.63) is 28.8 Å². The summed E-state index contributed by atoms with van der Waals surface area (Å²) >= 11 is 6.24. The van der Waals surface area contributed by atoms with Crippen molar-refractivity contribution in [2.75, 3.05) is 19.8 Å². The molecule has 1 heterocycles. The molecule has 1 fully saturated rings. The third-order valence-electron chi connectivity index (χ3n) is 3.04. The Hall–Kier alpha value is -0.770. The second-order valence-electron chi connectivity index (χ2n) is 4.47. The van der Waals surface area contributed by atoms with Crippen molar-refractivity contribution >= 4 is 11.6 Å². The van der Waals surface area contributed by atoms with Crippen molar-refractivity contribution < 1.29 is 9.47 Å². The molecule has 0 atom stereocenters. The van der Waals surface area contributed by atoms with E-state index < -0.39 is 0 Å². The Labute approximate surface area is 113 Å². The lowest BCUT2D eigenvalue weighted by molar-refractivity contribution is 0.0256. The van der Waals surface area contributed by atoms with E-state index in [9.17, 15) is 0 Å². The lowest BCUT2D eigenvalue weighted by Crippen LogP contribution is -2.26. The van der Waals surface area contributed by atoms with Gasteiger partial charge in [-0.15, -0.1) is 0 Å². The minimum Gasteiger partial charge on any atom is -0.489 e. The molecular weight excluding hydrogens is 250 g/mol. The Bertz CT molecular complexity index is 378. The summed E-state index contributed by atoms with van der Waals surface area (Å²) in [5.74, 6) is 0.781. The number of benzene rings is 1. The van der Waals surface area contributed by atoms with Crippen molar-refractivity contribution in [1.29, 1.82) is 0 Å². The van der Waals surface area contributed by atoms with Crippen LogP contribution in [0, 0.1) is 0 Å². The van der Waals surface area contributed by atoms with Crippen LogP contribution in [0.3, 0.4) is 0 Å². The Balaban J connectivity index is 1.95. The average Bonchev–Trinajstić information content (AvgIpc) is 2.40.